The van der Waals surface area contributed by atoms with Gasteiger partial charge in [0, 0.05) is 33.1 Å². The Morgan fingerprint density at radius 3 is 2.38 bits per heavy atom. The fraction of sp³-hybridized carbons (Fsp3) is 0.450. The van der Waals surface area contributed by atoms with Gasteiger partial charge in [-0.25, -0.2) is 4.79 Å². The molecule has 0 saturated heterocycles. The van der Waals surface area contributed by atoms with Crippen LogP contribution < -0.4 is 16.1 Å². The van der Waals surface area contributed by atoms with Crippen molar-refractivity contribution < 1.29 is 0 Å². The predicted molar refractivity (Wildman–Crippen MR) is 102 cm³/mol. The second-order valence-corrected chi connectivity index (χ2v) is 7.14. The summed E-state index contributed by atoms with van der Waals surface area (Å²) in [6.07, 6.45) is 3.09. The summed E-state index contributed by atoms with van der Waals surface area (Å²) < 4.78 is 2.40. The summed E-state index contributed by atoms with van der Waals surface area (Å²) in [5.74, 6) is 0.718. The number of rotatable bonds is 3. The van der Waals surface area contributed by atoms with Crippen molar-refractivity contribution in [3.05, 3.63) is 61.8 Å². The Morgan fingerprint density at radius 2 is 1.77 bits per heavy atom. The SMILES string of the molecule is Cc1ccc([C@H]2CCC[C@@H]2N(C)c2c(C#N)c(=O)n(C)c(=O)n2C)cc1. The van der Waals surface area contributed by atoms with E-state index in [4.69, 9.17) is 0 Å². The van der Waals surface area contributed by atoms with Crippen LogP contribution in [0.2, 0.25) is 0 Å². The van der Waals surface area contributed by atoms with Crippen molar-refractivity contribution in [2.24, 2.45) is 14.1 Å². The molecule has 0 radical (unpaired) electrons. The highest BCUT2D eigenvalue weighted by Crippen LogP contribution is 2.39. The lowest BCUT2D eigenvalue weighted by molar-refractivity contribution is 0.556. The smallest absolute Gasteiger partial charge is 0.332 e. The van der Waals surface area contributed by atoms with Gasteiger partial charge in [0.25, 0.3) is 5.56 Å². The van der Waals surface area contributed by atoms with Crippen molar-refractivity contribution >= 4 is 5.82 Å². The molecule has 1 fully saturated rings. The Bertz CT molecular complexity index is 979. The van der Waals surface area contributed by atoms with E-state index in [1.165, 1.54) is 22.7 Å². The molecular formula is C20H24N4O2. The average molecular weight is 352 g/mol. The summed E-state index contributed by atoms with van der Waals surface area (Å²) in [5.41, 5.74) is 1.55. The predicted octanol–water partition coefficient (Wildman–Crippen LogP) is 2.04. The molecule has 0 N–H and O–H groups in total. The van der Waals surface area contributed by atoms with Crippen LogP contribution in [0.15, 0.2) is 33.9 Å². The zero-order valence-electron chi connectivity index (χ0n) is 15.7. The van der Waals surface area contributed by atoms with E-state index in [9.17, 15) is 14.9 Å². The fourth-order valence-electron chi connectivity index (χ4n) is 4.11. The molecule has 6 nitrogen and oxygen atoms in total. The first-order valence-electron chi connectivity index (χ1n) is 8.86. The van der Waals surface area contributed by atoms with Crippen LogP contribution >= 0.6 is 0 Å². The number of hydrogen-bond donors (Lipinski definition) is 0. The lowest BCUT2D eigenvalue weighted by Crippen LogP contribution is -2.44. The van der Waals surface area contributed by atoms with E-state index in [0.29, 0.717) is 11.7 Å². The van der Waals surface area contributed by atoms with Gasteiger partial charge in [0.1, 0.15) is 11.9 Å². The van der Waals surface area contributed by atoms with Crippen LogP contribution in [0.25, 0.3) is 0 Å². The van der Waals surface area contributed by atoms with Crippen molar-refractivity contribution in [1.29, 1.82) is 5.26 Å². The summed E-state index contributed by atoms with van der Waals surface area (Å²) >= 11 is 0. The van der Waals surface area contributed by atoms with Crippen molar-refractivity contribution in [2.75, 3.05) is 11.9 Å². The average Bonchev–Trinajstić information content (AvgIpc) is 3.12. The summed E-state index contributed by atoms with van der Waals surface area (Å²) in [5, 5.41) is 9.54. The first kappa shape index (κ1) is 18.0. The molecule has 0 spiro atoms. The van der Waals surface area contributed by atoms with Gasteiger partial charge in [0.05, 0.1) is 0 Å². The van der Waals surface area contributed by atoms with Crippen molar-refractivity contribution in [1.82, 2.24) is 9.13 Å². The van der Waals surface area contributed by atoms with E-state index in [1.54, 1.807) is 7.05 Å². The Morgan fingerprint density at radius 1 is 1.12 bits per heavy atom. The van der Waals surface area contributed by atoms with E-state index in [0.717, 1.165) is 23.8 Å². The zero-order valence-corrected chi connectivity index (χ0v) is 15.7. The van der Waals surface area contributed by atoms with E-state index < -0.39 is 11.2 Å². The van der Waals surface area contributed by atoms with Gasteiger partial charge in [-0.2, -0.15) is 5.26 Å². The van der Waals surface area contributed by atoms with Crippen LogP contribution in [0.5, 0.6) is 0 Å². The molecule has 136 valence electrons. The fourth-order valence-corrected chi connectivity index (χ4v) is 4.11. The third kappa shape index (κ3) is 2.84. The minimum atomic E-state index is -0.540. The van der Waals surface area contributed by atoms with Gasteiger partial charge in [0.15, 0.2) is 5.56 Å². The van der Waals surface area contributed by atoms with Crippen molar-refractivity contribution in [3.63, 3.8) is 0 Å². The van der Waals surface area contributed by atoms with Crippen molar-refractivity contribution in [3.8, 4) is 6.07 Å². The van der Waals surface area contributed by atoms with Crippen molar-refractivity contribution in [2.45, 2.75) is 38.1 Å². The Labute approximate surface area is 152 Å². The quantitative estimate of drug-likeness (QED) is 0.847. The maximum absolute atomic E-state index is 12.4. The second kappa shape index (κ2) is 6.83. The molecule has 1 aliphatic carbocycles. The number of likely N-dealkylation sites (N-methyl/N-ethyl adjacent to an activating group) is 1. The molecule has 1 heterocycles. The van der Waals surface area contributed by atoms with E-state index >= 15 is 0 Å². The lowest BCUT2D eigenvalue weighted by atomic mass is 9.92. The first-order chi connectivity index (χ1) is 12.4. The van der Waals surface area contributed by atoms with Gasteiger partial charge >= 0.3 is 5.69 Å². The van der Waals surface area contributed by atoms with Gasteiger partial charge in [-0.1, -0.05) is 36.2 Å². The van der Waals surface area contributed by atoms with Crippen LogP contribution in [0.4, 0.5) is 5.82 Å². The third-order valence-electron chi connectivity index (χ3n) is 5.56. The second-order valence-electron chi connectivity index (χ2n) is 7.14. The molecular weight excluding hydrogens is 328 g/mol. The molecule has 0 unspecified atom stereocenters. The Hall–Kier alpha value is -2.81. The van der Waals surface area contributed by atoms with Gasteiger partial charge in [-0.05, 0) is 25.3 Å². The molecule has 2 atom stereocenters. The number of nitriles is 1. The monoisotopic (exact) mass is 352 g/mol. The van der Waals surface area contributed by atoms with Crippen LogP contribution in [-0.4, -0.2) is 22.2 Å². The number of aromatic nitrogens is 2. The standard InChI is InChI=1S/C20H24N4O2/c1-13-8-10-14(11-9-13)15-6-5-7-17(15)22(2)18-16(12-21)19(25)24(4)20(26)23(18)3/h8-11,15,17H,5-7H2,1-4H3/t15-,17+/m1/s1. The van der Waals surface area contributed by atoms with Gasteiger partial charge in [-0.15, -0.1) is 0 Å². The third-order valence-corrected chi connectivity index (χ3v) is 5.56. The zero-order chi connectivity index (χ0) is 19.0. The Kier molecular flexibility index (Phi) is 4.73. The maximum Gasteiger partial charge on any atom is 0.332 e. The molecule has 1 saturated carbocycles. The molecule has 1 aliphatic rings. The molecule has 1 aromatic carbocycles. The van der Waals surface area contributed by atoms with Crippen LogP contribution in [0.3, 0.4) is 0 Å². The number of benzene rings is 1. The van der Waals surface area contributed by atoms with Gasteiger partial charge in [0.2, 0.25) is 0 Å². The molecule has 3 rings (SSSR count). The van der Waals surface area contributed by atoms with Gasteiger partial charge < -0.3 is 4.90 Å². The molecule has 26 heavy (non-hydrogen) atoms. The van der Waals surface area contributed by atoms with Gasteiger partial charge in [-0.3, -0.25) is 13.9 Å². The minimum Gasteiger partial charge on any atom is -0.356 e. The van der Waals surface area contributed by atoms with Crippen LogP contribution in [0.1, 0.15) is 41.9 Å². The minimum absolute atomic E-state index is 0.0201. The number of aryl methyl sites for hydroxylation is 1. The highest BCUT2D eigenvalue weighted by molar-refractivity contribution is 5.54. The summed E-state index contributed by atoms with van der Waals surface area (Å²) in [6.45, 7) is 2.07. The molecule has 0 bridgehead atoms. The molecule has 6 heteroatoms. The molecule has 0 aliphatic heterocycles. The van der Waals surface area contributed by atoms with Crippen LogP contribution in [-0.2, 0) is 14.1 Å². The summed E-state index contributed by atoms with van der Waals surface area (Å²) in [4.78, 5) is 26.7. The topological polar surface area (TPSA) is 71.0 Å². The lowest BCUT2D eigenvalue weighted by Gasteiger charge is -2.33. The van der Waals surface area contributed by atoms with E-state index in [1.807, 2.05) is 18.0 Å². The number of hydrogen-bond acceptors (Lipinski definition) is 4. The number of nitrogens with zero attached hydrogens (tertiary/aromatic N) is 4. The number of anilines is 1. The highest BCUT2D eigenvalue weighted by Gasteiger charge is 2.34. The molecule has 2 aromatic rings. The Balaban J connectivity index is 2.08. The van der Waals surface area contributed by atoms with Crippen LogP contribution in [0, 0.1) is 18.3 Å². The highest BCUT2D eigenvalue weighted by atomic mass is 16.2. The molecule has 0 amide bonds. The first-order valence-corrected chi connectivity index (χ1v) is 8.86. The van der Waals surface area contributed by atoms with E-state index in [2.05, 4.69) is 31.2 Å². The summed E-state index contributed by atoms with van der Waals surface area (Å²) in [6, 6.07) is 10.7. The summed E-state index contributed by atoms with van der Waals surface area (Å²) in [7, 11) is 4.90. The maximum atomic E-state index is 12.4. The normalized spacial score (nSPS) is 19.3. The molecule has 1 aromatic heterocycles. The largest absolute Gasteiger partial charge is 0.356 e. The van der Waals surface area contributed by atoms with E-state index in [-0.39, 0.29) is 11.6 Å².